The Morgan fingerprint density at radius 3 is 2.58 bits per heavy atom. The minimum absolute atomic E-state index is 0.0194. The van der Waals surface area contributed by atoms with E-state index < -0.39 is 4.92 Å². The Morgan fingerprint density at radius 1 is 1.23 bits per heavy atom. The van der Waals surface area contributed by atoms with Crippen LogP contribution in [0.5, 0.6) is 0 Å². The third-order valence-electron chi connectivity index (χ3n) is 4.74. The number of piperazine rings is 1. The van der Waals surface area contributed by atoms with Crippen LogP contribution in [0.4, 0.5) is 10.1 Å². The van der Waals surface area contributed by atoms with Crippen LogP contribution < -0.4 is 4.90 Å². The molecule has 7 heteroatoms. The molecule has 1 N–H and O–H groups in total. The molecule has 0 unspecified atom stereocenters. The van der Waals surface area contributed by atoms with Crippen molar-refractivity contribution in [1.29, 1.82) is 0 Å². The summed E-state index contributed by atoms with van der Waals surface area (Å²) in [6.07, 6.45) is 0. The van der Waals surface area contributed by atoms with Gasteiger partial charge in [0.25, 0.3) is 11.6 Å². The maximum Gasteiger partial charge on any atom is 0.272 e. The average molecular weight is 358 g/mol. The summed E-state index contributed by atoms with van der Waals surface area (Å²) < 4.78 is 13.3. The SMILES string of the molecule is Cc1cc(C(=O)N2CC[NH+](Cc3cccc(F)c3)CC2)ccc1[N+](=O)[O-]. The van der Waals surface area contributed by atoms with Crippen LogP contribution in [-0.2, 0) is 6.54 Å². The van der Waals surface area contributed by atoms with E-state index in [1.807, 2.05) is 6.07 Å². The summed E-state index contributed by atoms with van der Waals surface area (Å²) in [4.78, 5) is 26.2. The van der Waals surface area contributed by atoms with Crippen molar-refractivity contribution in [3.8, 4) is 0 Å². The first kappa shape index (κ1) is 18.0. The summed E-state index contributed by atoms with van der Waals surface area (Å²) in [5, 5.41) is 10.9. The maximum absolute atomic E-state index is 13.3. The normalized spacial score (nSPS) is 15.1. The summed E-state index contributed by atoms with van der Waals surface area (Å²) in [7, 11) is 0. The number of halogens is 1. The van der Waals surface area contributed by atoms with Gasteiger partial charge in [0.2, 0.25) is 0 Å². The van der Waals surface area contributed by atoms with E-state index in [1.165, 1.54) is 23.1 Å². The number of amides is 1. The molecule has 3 rings (SSSR count). The molecule has 1 fully saturated rings. The smallest absolute Gasteiger partial charge is 0.272 e. The number of nitro benzene ring substituents is 1. The van der Waals surface area contributed by atoms with E-state index in [1.54, 1.807) is 30.0 Å². The van der Waals surface area contributed by atoms with E-state index in [9.17, 15) is 19.3 Å². The number of carbonyl (C=O) groups excluding carboxylic acids is 1. The van der Waals surface area contributed by atoms with Gasteiger partial charge in [-0.15, -0.1) is 0 Å². The quantitative estimate of drug-likeness (QED) is 0.667. The fourth-order valence-electron chi connectivity index (χ4n) is 3.31. The van der Waals surface area contributed by atoms with Crippen molar-refractivity contribution >= 4 is 11.6 Å². The molecule has 0 radical (unpaired) electrons. The van der Waals surface area contributed by atoms with Crippen molar-refractivity contribution in [2.24, 2.45) is 0 Å². The largest absolute Gasteiger partial charge is 0.328 e. The van der Waals surface area contributed by atoms with Gasteiger partial charge in [0.05, 0.1) is 31.1 Å². The number of hydrogen-bond acceptors (Lipinski definition) is 3. The molecule has 136 valence electrons. The van der Waals surface area contributed by atoms with Crippen LogP contribution in [0.3, 0.4) is 0 Å². The molecule has 0 aromatic heterocycles. The van der Waals surface area contributed by atoms with Gasteiger partial charge in [-0.3, -0.25) is 14.9 Å². The summed E-state index contributed by atoms with van der Waals surface area (Å²) in [5.74, 6) is -0.336. The van der Waals surface area contributed by atoms with Gasteiger partial charge in [-0.2, -0.15) is 0 Å². The number of quaternary nitrogens is 1. The zero-order valence-electron chi connectivity index (χ0n) is 14.6. The number of nitrogens with zero attached hydrogens (tertiary/aromatic N) is 2. The lowest BCUT2D eigenvalue weighted by Crippen LogP contribution is -3.13. The van der Waals surface area contributed by atoms with Crippen LogP contribution in [0, 0.1) is 22.9 Å². The van der Waals surface area contributed by atoms with Crippen LogP contribution in [0.15, 0.2) is 42.5 Å². The van der Waals surface area contributed by atoms with E-state index in [4.69, 9.17) is 0 Å². The van der Waals surface area contributed by atoms with Gasteiger partial charge in [0.15, 0.2) is 0 Å². The Morgan fingerprint density at radius 2 is 1.96 bits per heavy atom. The van der Waals surface area contributed by atoms with E-state index in [-0.39, 0.29) is 17.4 Å². The first-order chi connectivity index (χ1) is 12.4. The highest BCUT2D eigenvalue weighted by atomic mass is 19.1. The highest BCUT2D eigenvalue weighted by molar-refractivity contribution is 5.94. The van der Waals surface area contributed by atoms with Gasteiger partial charge in [0, 0.05) is 22.8 Å². The van der Waals surface area contributed by atoms with E-state index >= 15 is 0 Å². The molecule has 0 spiro atoms. The molecular formula is C19H21FN3O3+. The lowest BCUT2D eigenvalue weighted by molar-refractivity contribution is -0.917. The van der Waals surface area contributed by atoms with E-state index in [0.717, 1.165) is 25.2 Å². The minimum Gasteiger partial charge on any atom is -0.328 e. The molecule has 0 aliphatic carbocycles. The highest BCUT2D eigenvalue weighted by Gasteiger charge is 2.25. The van der Waals surface area contributed by atoms with Crippen molar-refractivity contribution in [2.75, 3.05) is 26.2 Å². The molecular weight excluding hydrogens is 337 g/mol. The van der Waals surface area contributed by atoms with Gasteiger partial charge in [-0.25, -0.2) is 4.39 Å². The van der Waals surface area contributed by atoms with Gasteiger partial charge >= 0.3 is 0 Å². The second-order valence-corrected chi connectivity index (χ2v) is 6.61. The first-order valence-corrected chi connectivity index (χ1v) is 8.56. The Hall–Kier alpha value is -2.80. The van der Waals surface area contributed by atoms with Crippen LogP contribution in [-0.4, -0.2) is 41.9 Å². The third kappa shape index (κ3) is 4.05. The molecule has 0 saturated carbocycles. The molecule has 1 saturated heterocycles. The zero-order valence-corrected chi connectivity index (χ0v) is 14.6. The van der Waals surface area contributed by atoms with Gasteiger partial charge < -0.3 is 9.80 Å². The fourth-order valence-corrected chi connectivity index (χ4v) is 3.31. The van der Waals surface area contributed by atoms with Crippen molar-refractivity contribution in [3.05, 3.63) is 75.1 Å². The van der Waals surface area contributed by atoms with E-state index in [0.29, 0.717) is 24.2 Å². The Kier molecular flexibility index (Phi) is 5.27. The maximum atomic E-state index is 13.3. The van der Waals surface area contributed by atoms with Gasteiger partial charge in [0.1, 0.15) is 12.4 Å². The monoisotopic (exact) mass is 358 g/mol. The molecule has 0 bridgehead atoms. The summed E-state index contributed by atoms with van der Waals surface area (Å²) in [6.45, 7) is 5.16. The second-order valence-electron chi connectivity index (χ2n) is 6.61. The van der Waals surface area contributed by atoms with Crippen LogP contribution in [0.25, 0.3) is 0 Å². The lowest BCUT2D eigenvalue weighted by Gasteiger charge is -2.32. The van der Waals surface area contributed by atoms with Gasteiger partial charge in [-0.05, 0) is 31.2 Å². The van der Waals surface area contributed by atoms with Crippen molar-refractivity contribution in [2.45, 2.75) is 13.5 Å². The van der Waals surface area contributed by atoms with Gasteiger partial charge in [-0.1, -0.05) is 12.1 Å². The molecule has 2 aromatic carbocycles. The van der Waals surface area contributed by atoms with Crippen LogP contribution >= 0.6 is 0 Å². The number of benzene rings is 2. The number of hydrogen-bond donors (Lipinski definition) is 1. The number of carbonyl (C=O) groups is 1. The number of rotatable bonds is 4. The topological polar surface area (TPSA) is 67.9 Å². The number of nitrogens with one attached hydrogen (secondary N) is 1. The number of aryl methyl sites for hydroxylation is 1. The lowest BCUT2D eigenvalue weighted by atomic mass is 10.1. The standard InChI is InChI=1S/C19H20FN3O3/c1-14-11-16(5-6-18(14)23(25)26)19(24)22-9-7-21(8-10-22)13-15-3-2-4-17(20)12-15/h2-6,11-12H,7-10,13H2,1H3/p+1. The average Bonchev–Trinajstić information content (AvgIpc) is 2.61. The molecule has 1 amide bonds. The molecule has 26 heavy (non-hydrogen) atoms. The fraction of sp³-hybridized carbons (Fsp3) is 0.316. The number of nitro groups is 1. The molecule has 1 aliphatic heterocycles. The Labute approximate surface area is 151 Å². The van der Waals surface area contributed by atoms with Crippen LogP contribution in [0.1, 0.15) is 21.5 Å². The zero-order chi connectivity index (χ0) is 18.7. The van der Waals surface area contributed by atoms with E-state index in [2.05, 4.69) is 0 Å². The summed E-state index contributed by atoms with van der Waals surface area (Å²) in [5.41, 5.74) is 1.93. The molecule has 6 nitrogen and oxygen atoms in total. The molecule has 2 aromatic rings. The van der Waals surface area contributed by atoms with Crippen LogP contribution in [0.2, 0.25) is 0 Å². The summed E-state index contributed by atoms with van der Waals surface area (Å²) >= 11 is 0. The Bertz CT molecular complexity index is 833. The van der Waals surface area contributed by atoms with Crippen molar-refractivity contribution < 1.29 is 19.0 Å². The molecule has 1 heterocycles. The van der Waals surface area contributed by atoms with Crippen molar-refractivity contribution in [1.82, 2.24) is 4.90 Å². The molecule has 1 aliphatic rings. The van der Waals surface area contributed by atoms with Crippen molar-refractivity contribution in [3.63, 3.8) is 0 Å². The predicted molar refractivity (Wildman–Crippen MR) is 94.5 cm³/mol. The summed E-state index contributed by atoms with van der Waals surface area (Å²) in [6, 6.07) is 11.1. The first-order valence-electron chi connectivity index (χ1n) is 8.56. The minimum atomic E-state index is -0.446. The second kappa shape index (κ2) is 7.61. The third-order valence-corrected chi connectivity index (χ3v) is 4.74. The predicted octanol–water partition coefficient (Wildman–Crippen LogP) is 1.58. The highest BCUT2D eigenvalue weighted by Crippen LogP contribution is 2.19. The molecule has 0 atom stereocenters. The Balaban J connectivity index is 1.60.